The lowest BCUT2D eigenvalue weighted by molar-refractivity contribution is 0.0923. The Morgan fingerprint density at radius 1 is 0.938 bits per heavy atom. The van der Waals surface area contributed by atoms with Crippen molar-refractivity contribution < 1.29 is 0 Å². The summed E-state index contributed by atoms with van der Waals surface area (Å²) in [7, 11) is 0. The van der Waals surface area contributed by atoms with Crippen LogP contribution in [0.5, 0.6) is 0 Å². The van der Waals surface area contributed by atoms with Gasteiger partial charge in [-0.05, 0) is 61.8 Å². The zero-order valence-corrected chi connectivity index (χ0v) is 11.1. The van der Waals surface area contributed by atoms with Gasteiger partial charge >= 0.3 is 0 Å². The summed E-state index contributed by atoms with van der Waals surface area (Å²) in [5, 5.41) is 0. The average molecular weight is 223 g/mol. The SMILES string of the molecule is CC1CCC(C2CCCCC2CN)CC1C. The maximum absolute atomic E-state index is 5.96. The summed E-state index contributed by atoms with van der Waals surface area (Å²) in [6.07, 6.45) is 10.2. The van der Waals surface area contributed by atoms with Crippen LogP contribution in [-0.4, -0.2) is 6.54 Å². The topological polar surface area (TPSA) is 26.0 Å². The molecule has 0 aromatic rings. The van der Waals surface area contributed by atoms with Gasteiger partial charge in [-0.2, -0.15) is 0 Å². The first kappa shape index (κ1) is 12.4. The van der Waals surface area contributed by atoms with Gasteiger partial charge in [-0.25, -0.2) is 0 Å². The summed E-state index contributed by atoms with van der Waals surface area (Å²) >= 11 is 0. The number of rotatable bonds is 2. The van der Waals surface area contributed by atoms with Crippen LogP contribution in [-0.2, 0) is 0 Å². The van der Waals surface area contributed by atoms with Crippen LogP contribution in [0.15, 0.2) is 0 Å². The lowest BCUT2D eigenvalue weighted by Gasteiger charge is -2.42. The van der Waals surface area contributed by atoms with Gasteiger partial charge in [-0.3, -0.25) is 0 Å². The van der Waals surface area contributed by atoms with Crippen molar-refractivity contribution >= 4 is 0 Å². The molecule has 5 atom stereocenters. The van der Waals surface area contributed by atoms with Crippen LogP contribution in [0.1, 0.15) is 58.8 Å². The molecule has 0 bridgehead atoms. The van der Waals surface area contributed by atoms with Gasteiger partial charge in [0.25, 0.3) is 0 Å². The fourth-order valence-corrected chi connectivity index (χ4v) is 4.13. The molecule has 0 spiro atoms. The Balaban J connectivity index is 1.95. The third-order valence-electron chi connectivity index (χ3n) is 5.51. The molecule has 94 valence electrons. The maximum Gasteiger partial charge on any atom is -0.00461 e. The van der Waals surface area contributed by atoms with Gasteiger partial charge in [-0.15, -0.1) is 0 Å². The second kappa shape index (κ2) is 5.53. The molecule has 0 saturated heterocycles. The zero-order valence-electron chi connectivity index (χ0n) is 11.1. The molecule has 0 aromatic carbocycles. The van der Waals surface area contributed by atoms with E-state index >= 15 is 0 Å². The van der Waals surface area contributed by atoms with Gasteiger partial charge in [0, 0.05) is 0 Å². The van der Waals surface area contributed by atoms with E-state index in [0.717, 1.165) is 36.1 Å². The minimum atomic E-state index is 0.847. The summed E-state index contributed by atoms with van der Waals surface area (Å²) < 4.78 is 0. The lowest BCUT2D eigenvalue weighted by Crippen LogP contribution is -2.35. The normalized spacial score (nSPS) is 45.6. The first-order valence-electron chi connectivity index (χ1n) is 7.42. The molecule has 0 amide bonds. The van der Waals surface area contributed by atoms with Crippen molar-refractivity contribution in [2.24, 2.45) is 35.3 Å². The maximum atomic E-state index is 5.96. The Kier molecular flexibility index (Phi) is 4.29. The van der Waals surface area contributed by atoms with Crippen LogP contribution in [0, 0.1) is 29.6 Å². The quantitative estimate of drug-likeness (QED) is 0.756. The van der Waals surface area contributed by atoms with E-state index in [1.165, 1.54) is 44.9 Å². The van der Waals surface area contributed by atoms with Gasteiger partial charge in [-0.1, -0.05) is 33.1 Å². The lowest BCUT2D eigenvalue weighted by atomic mass is 9.64. The molecule has 2 aliphatic carbocycles. The molecule has 2 fully saturated rings. The average Bonchev–Trinajstić information content (AvgIpc) is 2.32. The Labute approximate surface area is 101 Å². The minimum absolute atomic E-state index is 0.847. The van der Waals surface area contributed by atoms with E-state index in [1.807, 2.05) is 0 Å². The molecule has 2 saturated carbocycles. The minimum Gasteiger partial charge on any atom is -0.330 e. The van der Waals surface area contributed by atoms with E-state index in [1.54, 1.807) is 0 Å². The summed E-state index contributed by atoms with van der Waals surface area (Å²) in [5.41, 5.74) is 5.96. The molecule has 2 rings (SSSR count). The molecule has 2 aliphatic rings. The van der Waals surface area contributed by atoms with Gasteiger partial charge in [0.05, 0.1) is 0 Å². The molecular weight excluding hydrogens is 194 g/mol. The molecule has 0 heterocycles. The number of nitrogens with two attached hydrogens (primary N) is 1. The molecule has 1 heteroatoms. The highest BCUT2D eigenvalue weighted by Gasteiger charge is 2.34. The first-order valence-corrected chi connectivity index (χ1v) is 7.42. The summed E-state index contributed by atoms with van der Waals surface area (Å²) in [5.74, 6) is 4.71. The van der Waals surface area contributed by atoms with Gasteiger partial charge in [0.2, 0.25) is 0 Å². The Morgan fingerprint density at radius 3 is 2.38 bits per heavy atom. The highest BCUT2D eigenvalue weighted by atomic mass is 14.6. The standard InChI is InChI=1S/C15H29N/c1-11-7-8-13(9-12(11)2)15-6-4-3-5-14(15)10-16/h11-15H,3-10,16H2,1-2H3. The van der Waals surface area contributed by atoms with E-state index in [2.05, 4.69) is 13.8 Å². The van der Waals surface area contributed by atoms with Crippen LogP contribution in [0.4, 0.5) is 0 Å². The highest BCUT2D eigenvalue weighted by molar-refractivity contribution is 4.86. The fraction of sp³-hybridized carbons (Fsp3) is 1.00. The van der Waals surface area contributed by atoms with Crippen LogP contribution in [0.2, 0.25) is 0 Å². The van der Waals surface area contributed by atoms with Crippen LogP contribution in [0.25, 0.3) is 0 Å². The van der Waals surface area contributed by atoms with Crippen LogP contribution >= 0.6 is 0 Å². The Hall–Kier alpha value is -0.0400. The van der Waals surface area contributed by atoms with Crippen molar-refractivity contribution in [2.75, 3.05) is 6.54 Å². The fourth-order valence-electron chi connectivity index (χ4n) is 4.13. The van der Waals surface area contributed by atoms with Gasteiger partial charge in [0.15, 0.2) is 0 Å². The van der Waals surface area contributed by atoms with Crippen molar-refractivity contribution in [3.05, 3.63) is 0 Å². The van der Waals surface area contributed by atoms with Crippen molar-refractivity contribution in [2.45, 2.75) is 58.8 Å². The molecule has 0 aliphatic heterocycles. The largest absolute Gasteiger partial charge is 0.330 e. The van der Waals surface area contributed by atoms with E-state index < -0.39 is 0 Å². The highest BCUT2D eigenvalue weighted by Crippen LogP contribution is 2.44. The molecule has 16 heavy (non-hydrogen) atoms. The van der Waals surface area contributed by atoms with Crippen molar-refractivity contribution in [3.63, 3.8) is 0 Å². The molecule has 0 radical (unpaired) electrons. The third kappa shape index (κ3) is 2.61. The van der Waals surface area contributed by atoms with Crippen molar-refractivity contribution in [3.8, 4) is 0 Å². The van der Waals surface area contributed by atoms with Crippen molar-refractivity contribution in [1.29, 1.82) is 0 Å². The monoisotopic (exact) mass is 223 g/mol. The van der Waals surface area contributed by atoms with E-state index in [9.17, 15) is 0 Å². The van der Waals surface area contributed by atoms with Gasteiger partial charge in [0.1, 0.15) is 0 Å². The van der Waals surface area contributed by atoms with Crippen LogP contribution < -0.4 is 5.73 Å². The smallest absolute Gasteiger partial charge is 0.00461 e. The van der Waals surface area contributed by atoms with Crippen LogP contribution in [0.3, 0.4) is 0 Å². The Bertz CT molecular complexity index is 213. The summed E-state index contributed by atoms with van der Waals surface area (Å²) in [4.78, 5) is 0. The molecular formula is C15H29N. The molecule has 2 N–H and O–H groups in total. The second-order valence-electron chi connectivity index (χ2n) is 6.47. The number of hydrogen-bond acceptors (Lipinski definition) is 1. The molecule has 1 nitrogen and oxygen atoms in total. The first-order chi connectivity index (χ1) is 7.72. The molecule has 5 unspecified atom stereocenters. The summed E-state index contributed by atoms with van der Waals surface area (Å²) in [6.45, 7) is 5.82. The van der Waals surface area contributed by atoms with E-state index in [0.29, 0.717) is 0 Å². The Morgan fingerprint density at radius 2 is 1.69 bits per heavy atom. The van der Waals surface area contributed by atoms with E-state index in [-0.39, 0.29) is 0 Å². The molecule has 0 aromatic heterocycles. The summed E-state index contributed by atoms with van der Waals surface area (Å²) in [6, 6.07) is 0. The number of hydrogen-bond donors (Lipinski definition) is 1. The predicted molar refractivity (Wildman–Crippen MR) is 70.2 cm³/mol. The third-order valence-corrected chi connectivity index (χ3v) is 5.51. The van der Waals surface area contributed by atoms with E-state index in [4.69, 9.17) is 5.73 Å². The zero-order chi connectivity index (χ0) is 11.5. The van der Waals surface area contributed by atoms with Crippen molar-refractivity contribution in [1.82, 2.24) is 0 Å². The predicted octanol–water partition coefficient (Wildman–Crippen LogP) is 3.82. The second-order valence-corrected chi connectivity index (χ2v) is 6.47. The van der Waals surface area contributed by atoms with Gasteiger partial charge < -0.3 is 5.73 Å².